The summed E-state index contributed by atoms with van der Waals surface area (Å²) in [4.78, 5) is 16.4. The number of sulfone groups is 1. The highest BCUT2D eigenvalue weighted by Crippen LogP contribution is 2.28. The molecule has 1 atom stereocenters. The molecule has 0 bridgehead atoms. The van der Waals surface area contributed by atoms with E-state index in [1.54, 1.807) is 24.3 Å². The third kappa shape index (κ3) is 4.43. The molecular formula is C21H19FN2O3S. The fraction of sp³-hybridized carbons (Fsp3) is 0.143. The summed E-state index contributed by atoms with van der Waals surface area (Å²) in [5.74, 6) is -0.896. The van der Waals surface area contributed by atoms with Gasteiger partial charge in [0.2, 0.25) is 0 Å². The first kappa shape index (κ1) is 19.7. The minimum absolute atomic E-state index is 0.0210. The van der Waals surface area contributed by atoms with Crippen molar-refractivity contribution >= 4 is 15.7 Å². The van der Waals surface area contributed by atoms with Crippen molar-refractivity contribution in [2.24, 2.45) is 0 Å². The largest absolute Gasteiger partial charge is 0.350 e. The molecule has 0 saturated carbocycles. The minimum atomic E-state index is -3.88. The zero-order valence-corrected chi connectivity index (χ0v) is 16.0. The number of aryl methyl sites for hydroxylation is 1. The minimum Gasteiger partial charge on any atom is -0.350 e. The maximum absolute atomic E-state index is 13.2. The second kappa shape index (κ2) is 8.31. The molecule has 3 rings (SSSR count). The van der Waals surface area contributed by atoms with Gasteiger partial charge < -0.3 is 5.32 Å². The molecule has 0 saturated heterocycles. The Labute approximate surface area is 163 Å². The molecule has 144 valence electrons. The Bertz CT molecular complexity index is 1050. The maximum atomic E-state index is 13.2. The summed E-state index contributed by atoms with van der Waals surface area (Å²) in [7, 11) is -3.88. The van der Waals surface area contributed by atoms with Gasteiger partial charge in [0, 0.05) is 24.5 Å². The number of hydrogen-bond acceptors (Lipinski definition) is 4. The quantitative estimate of drug-likeness (QED) is 0.645. The summed E-state index contributed by atoms with van der Waals surface area (Å²) < 4.78 is 39.5. The molecule has 0 aliphatic heterocycles. The van der Waals surface area contributed by atoms with Crippen molar-refractivity contribution in [3.05, 3.63) is 95.6 Å². The highest BCUT2D eigenvalue weighted by atomic mass is 32.2. The van der Waals surface area contributed by atoms with Crippen LogP contribution in [0.3, 0.4) is 0 Å². The van der Waals surface area contributed by atoms with E-state index in [1.165, 1.54) is 24.5 Å². The van der Waals surface area contributed by atoms with Crippen LogP contribution in [0.1, 0.15) is 26.7 Å². The smallest absolute Gasteiger partial charge is 0.251 e. The van der Waals surface area contributed by atoms with Crippen LogP contribution in [-0.2, 0) is 9.84 Å². The van der Waals surface area contributed by atoms with Gasteiger partial charge in [0.15, 0.2) is 9.84 Å². The van der Waals surface area contributed by atoms with Gasteiger partial charge in [-0.15, -0.1) is 0 Å². The summed E-state index contributed by atoms with van der Waals surface area (Å²) in [6.45, 7) is 1.77. The van der Waals surface area contributed by atoms with Crippen LogP contribution in [0.4, 0.5) is 4.39 Å². The van der Waals surface area contributed by atoms with Crippen molar-refractivity contribution in [1.82, 2.24) is 10.3 Å². The van der Waals surface area contributed by atoms with Crippen LogP contribution in [0.15, 0.2) is 78.0 Å². The van der Waals surface area contributed by atoms with Crippen LogP contribution in [0.25, 0.3) is 0 Å². The average Bonchev–Trinajstić information content (AvgIpc) is 2.69. The van der Waals surface area contributed by atoms with Crippen molar-refractivity contribution in [1.29, 1.82) is 0 Å². The van der Waals surface area contributed by atoms with E-state index >= 15 is 0 Å². The first-order valence-corrected chi connectivity index (χ1v) is 10.2. The van der Waals surface area contributed by atoms with E-state index in [0.717, 1.165) is 17.7 Å². The van der Waals surface area contributed by atoms with Gasteiger partial charge in [0.1, 0.15) is 11.1 Å². The number of pyridine rings is 1. The number of aromatic nitrogens is 1. The first-order valence-electron chi connectivity index (χ1n) is 8.62. The van der Waals surface area contributed by atoms with Crippen LogP contribution in [0.5, 0.6) is 0 Å². The van der Waals surface area contributed by atoms with Gasteiger partial charge in [-0.25, -0.2) is 12.8 Å². The molecule has 1 amide bonds. The monoisotopic (exact) mass is 398 g/mol. The molecule has 0 aliphatic carbocycles. The Morgan fingerprint density at radius 1 is 1.07 bits per heavy atom. The second-order valence-corrected chi connectivity index (χ2v) is 8.48. The molecule has 0 spiro atoms. The molecule has 0 fully saturated rings. The van der Waals surface area contributed by atoms with Crippen LogP contribution >= 0.6 is 0 Å². The average molecular weight is 398 g/mol. The molecule has 3 aromatic rings. The van der Waals surface area contributed by atoms with Crippen LogP contribution in [0.2, 0.25) is 0 Å². The van der Waals surface area contributed by atoms with Gasteiger partial charge in [-0.1, -0.05) is 23.8 Å². The van der Waals surface area contributed by atoms with Gasteiger partial charge in [-0.3, -0.25) is 9.78 Å². The SMILES string of the molecule is Cc1ccc(C(=O)NCC(c2cccnc2)S(=O)(=O)c2ccc(F)cc2)cc1. The van der Waals surface area contributed by atoms with E-state index in [4.69, 9.17) is 0 Å². The number of benzene rings is 2. The lowest BCUT2D eigenvalue weighted by molar-refractivity contribution is 0.0953. The van der Waals surface area contributed by atoms with Gasteiger partial charge >= 0.3 is 0 Å². The van der Waals surface area contributed by atoms with E-state index in [2.05, 4.69) is 10.3 Å². The molecule has 5 nitrogen and oxygen atoms in total. The number of hydrogen-bond donors (Lipinski definition) is 1. The Morgan fingerprint density at radius 3 is 2.36 bits per heavy atom. The summed E-state index contributed by atoms with van der Waals surface area (Å²) in [6.07, 6.45) is 2.99. The van der Waals surface area contributed by atoms with Crippen molar-refractivity contribution in [3.63, 3.8) is 0 Å². The van der Waals surface area contributed by atoms with Crippen molar-refractivity contribution in [2.75, 3.05) is 6.54 Å². The highest BCUT2D eigenvalue weighted by Gasteiger charge is 2.30. The fourth-order valence-corrected chi connectivity index (χ4v) is 4.40. The second-order valence-electron chi connectivity index (χ2n) is 6.35. The zero-order chi connectivity index (χ0) is 20.1. The van der Waals surface area contributed by atoms with E-state index < -0.39 is 20.9 Å². The molecule has 1 heterocycles. The predicted molar refractivity (Wildman–Crippen MR) is 104 cm³/mol. The molecular weight excluding hydrogens is 379 g/mol. The third-order valence-corrected chi connectivity index (χ3v) is 6.45. The zero-order valence-electron chi connectivity index (χ0n) is 15.2. The Balaban J connectivity index is 1.88. The lowest BCUT2D eigenvalue weighted by Crippen LogP contribution is -2.32. The Hall–Kier alpha value is -3.06. The molecule has 28 heavy (non-hydrogen) atoms. The van der Waals surface area contributed by atoms with Gasteiger partial charge in [0.05, 0.1) is 4.90 Å². The van der Waals surface area contributed by atoms with Crippen molar-refractivity contribution in [2.45, 2.75) is 17.1 Å². The topological polar surface area (TPSA) is 76.1 Å². The summed E-state index contributed by atoms with van der Waals surface area (Å²) in [6, 6.07) is 14.9. The molecule has 7 heteroatoms. The Morgan fingerprint density at radius 2 is 1.75 bits per heavy atom. The van der Waals surface area contributed by atoms with Crippen molar-refractivity contribution in [3.8, 4) is 0 Å². The van der Waals surface area contributed by atoms with E-state index in [0.29, 0.717) is 11.1 Å². The maximum Gasteiger partial charge on any atom is 0.251 e. The lowest BCUT2D eigenvalue weighted by Gasteiger charge is -2.19. The molecule has 1 N–H and O–H groups in total. The Kier molecular flexibility index (Phi) is 5.84. The predicted octanol–water partition coefficient (Wildman–Crippen LogP) is 3.47. The van der Waals surface area contributed by atoms with Gasteiger partial charge in [-0.2, -0.15) is 0 Å². The highest BCUT2D eigenvalue weighted by molar-refractivity contribution is 7.91. The standard InChI is InChI=1S/C21H19FN2O3S/c1-15-4-6-16(7-5-15)21(25)24-14-20(17-3-2-12-23-13-17)28(26,27)19-10-8-18(22)9-11-19/h2-13,20H,14H2,1H3,(H,24,25). The lowest BCUT2D eigenvalue weighted by atomic mass is 10.1. The molecule has 0 radical (unpaired) electrons. The fourth-order valence-electron chi connectivity index (χ4n) is 2.75. The van der Waals surface area contributed by atoms with E-state index in [-0.39, 0.29) is 17.3 Å². The van der Waals surface area contributed by atoms with Crippen LogP contribution in [0, 0.1) is 12.7 Å². The van der Waals surface area contributed by atoms with Crippen LogP contribution < -0.4 is 5.32 Å². The third-order valence-electron chi connectivity index (χ3n) is 4.33. The van der Waals surface area contributed by atoms with E-state index in [9.17, 15) is 17.6 Å². The molecule has 0 aliphatic rings. The number of nitrogens with zero attached hydrogens (tertiary/aromatic N) is 1. The number of carbonyl (C=O) groups excluding carboxylic acids is 1. The summed E-state index contributed by atoms with van der Waals surface area (Å²) in [5.41, 5.74) is 1.90. The number of nitrogens with one attached hydrogen (secondary N) is 1. The van der Waals surface area contributed by atoms with E-state index in [1.807, 2.05) is 19.1 Å². The normalized spacial score (nSPS) is 12.4. The number of carbonyl (C=O) groups is 1. The molecule has 1 aromatic heterocycles. The van der Waals surface area contributed by atoms with Crippen LogP contribution in [-0.4, -0.2) is 25.9 Å². The first-order chi connectivity index (χ1) is 13.4. The molecule has 2 aromatic carbocycles. The number of rotatable bonds is 6. The summed E-state index contributed by atoms with van der Waals surface area (Å²) >= 11 is 0. The van der Waals surface area contributed by atoms with Gasteiger partial charge in [-0.05, 0) is 55.0 Å². The van der Waals surface area contributed by atoms with Crippen molar-refractivity contribution < 1.29 is 17.6 Å². The number of halogens is 1. The summed E-state index contributed by atoms with van der Waals surface area (Å²) in [5, 5.41) is 1.63. The number of amides is 1. The van der Waals surface area contributed by atoms with Gasteiger partial charge in [0.25, 0.3) is 5.91 Å². The molecule has 1 unspecified atom stereocenters.